The van der Waals surface area contributed by atoms with Crippen molar-refractivity contribution in [2.75, 3.05) is 0 Å². The molecule has 2 aromatic heterocycles. The molecule has 0 bridgehead atoms. The van der Waals surface area contributed by atoms with E-state index in [1.165, 1.54) is 48.5 Å². The Hall–Kier alpha value is -7.60. The summed E-state index contributed by atoms with van der Waals surface area (Å²) in [4.78, 5) is 38.7. The molecule has 0 aliphatic heterocycles. The number of rotatable bonds is 12. The van der Waals surface area contributed by atoms with Crippen LogP contribution in [-0.4, -0.2) is 38.4 Å². The predicted molar refractivity (Wildman–Crippen MR) is 286 cm³/mol. The Morgan fingerprint density at radius 3 is 1.01 bits per heavy atom. The molecule has 0 fully saturated rings. The summed E-state index contributed by atoms with van der Waals surface area (Å²) in [7, 11) is -8.78. The molecular formula is C60H44Cl2N2O6S2. The summed E-state index contributed by atoms with van der Waals surface area (Å²) in [6.45, 7) is 3.79. The molecule has 2 heterocycles. The van der Waals surface area contributed by atoms with Crippen molar-refractivity contribution in [1.29, 1.82) is 0 Å². The lowest BCUT2D eigenvalue weighted by atomic mass is 9.85. The van der Waals surface area contributed by atoms with E-state index >= 15 is 0 Å². The first-order valence-electron chi connectivity index (χ1n) is 22.8. The monoisotopic (exact) mass is 1020 g/mol. The van der Waals surface area contributed by atoms with Gasteiger partial charge in [0.15, 0.2) is 11.6 Å². The highest BCUT2D eigenvalue weighted by Gasteiger charge is 2.57. The first-order chi connectivity index (χ1) is 34.7. The van der Waals surface area contributed by atoms with Crippen molar-refractivity contribution >= 4 is 76.2 Å². The largest absolute Gasteiger partial charge is 0.292 e. The number of hydrogen-bond acceptors (Lipinski definition) is 8. The number of carbonyl (C=O) groups excluding carboxylic acids is 2. The summed E-state index contributed by atoms with van der Waals surface area (Å²) in [5, 5.41) is 2.57. The second kappa shape index (κ2) is 20.3. The molecule has 0 N–H and O–H groups in total. The first kappa shape index (κ1) is 49.4. The minimum Gasteiger partial charge on any atom is -0.292 e. The molecule has 8 aromatic carbocycles. The average molecular weight is 1020 g/mol. The second-order valence-electron chi connectivity index (χ2n) is 17.1. The maximum Gasteiger partial charge on any atom is 0.206 e. The summed E-state index contributed by atoms with van der Waals surface area (Å²) < 4.78 is 54.6. The topological polar surface area (TPSA) is 128 Å². The van der Waals surface area contributed by atoms with Crippen LogP contribution in [0.4, 0.5) is 0 Å². The third-order valence-corrected chi connectivity index (χ3v) is 17.9. The van der Waals surface area contributed by atoms with E-state index in [2.05, 4.69) is 0 Å². The fourth-order valence-corrected chi connectivity index (χ4v) is 13.5. The number of nitrogens with zero attached hydrogens (tertiary/aromatic N) is 2. The van der Waals surface area contributed by atoms with Crippen LogP contribution in [0.15, 0.2) is 240 Å². The molecule has 0 saturated heterocycles. The van der Waals surface area contributed by atoms with Gasteiger partial charge >= 0.3 is 0 Å². The number of benzene rings is 8. The maximum absolute atomic E-state index is 14.7. The van der Waals surface area contributed by atoms with Gasteiger partial charge < -0.3 is 0 Å². The summed E-state index contributed by atoms with van der Waals surface area (Å²) in [5.74, 6) is -1.15. The van der Waals surface area contributed by atoms with Crippen molar-refractivity contribution in [3.8, 4) is 0 Å². The lowest BCUT2D eigenvalue weighted by Crippen LogP contribution is -2.45. The van der Waals surface area contributed by atoms with E-state index < -0.39 is 40.7 Å². The fourth-order valence-electron chi connectivity index (χ4n) is 9.19. The van der Waals surface area contributed by atoms with Crippen LogP contribution in [0.5, 0.6) is 0 Å². The second-order valence-corrected chi connectivity index (χ2v) is 22.1. The number of fused-ring (bicyclic) bond motifs is 2. The van der Waals surface area contributed by atoms with Gasteiger partial charge in [-0.05, 0) is 109 Å². The highest BCUT2D eigenvalue weighted by molar-refractivity contribution is 7.93. The van der Waals surface area contributed by atoms with Crippen molar-refractivity contribution in [3.63, 3.8) is 0 Å². The molecule has 8 nitrogen and oxygen atoms in total. The average Bonchev–Trinajstić information content (AvgIpc) is 3.40. The van der Waals surface area contributed by atoms with E-state index in [9.17, 15) is 26.4 Å². The quantitative estimate of drug-likeness (QED) is 0.111. The molecule has 356 valence electrons. The zero-order chi connectivity index (χ0) is 50.7. The fraction of sp³-hybridized carbons (Fsp3) is 0.0667. The molecule has 72 heavy (non-hydrogen) atoms. The summed E-state index contributed by atoms with van der Waals surface area (Å²) in [6.07, 6.45) is 0. The molecule has 0 amide bonds. The van der Waals surface area contributed by atoms with Crippen LogP contribution < -0.4 is 0 Å². The summed E-state index contributed by atoms with van der Waals surface area (Å²) >= 11 is 12.2. The molecule has 0 unspecified atom stereocenters. The van der Waals surface area contributed by atoms with Gasteiger partial charge in [-0.25, -0.2) is 16.8 Å². The van der Waals surface area contributed by atoms with Gasteiger partial charge in [0.25, 0.3) is 0 Å². The number of hydrogen-bond donors (Lipinski definition) is 0. The van der Waals surface area contributed by atoms with Crippen LogP contribution in [0.3, 0.4) is 0 Å². The number of halogens is 2. The molecule has 0 saturated carbocycles. The van der Waals surface area contributed by atoms with Crippen molar-refractivity contribution in [1.82, 2.24) is 9.97 Å². The summed E-state index contributed by atoms with van der Waals surface area (Å²) in [6, 6.07) is 64.3. The molecule has 12 heteroatoms. The van der Waals surface area contributed by atoms with Gasteiger partial charge in [-0.15, -0.1) is 0 Å². The number of ketones is 2. The SMILES string of the molecule is Cc1cc([C@](C(=O)c2ccccc2)(c2ccccc2)S(=O)(=O)c2ccc(Cl)cc2)nc2ccccc12.Cc1cc([C@](C(=O)c2ccccc2)(c2ccccc2)S(=O)(=O)c2ccc(Cl)cc2)nc2ccccc12. The van der Waals surface area contributed by atoms with Crippen LogP contribution >= 0.6 is 23.2 Å². The Morgan fingerprint density at radius 2 is 0.681 bits per heavy atom. The zero-order valence-electron chi connectivity index (χ0n) is 38.9. The third-order valence-electron chi connectivity index (χ3n) is 12.7. The van der Waals surface area contributed by atoms with Gasteiger partial charge in [-0.3, -0.25) is 19.6 Å². The maximum atomic E-state index is 14.7. The Labute approximate surface area is 428 Å². The van der Waals surface area contributed by atoms with Crippen LogP contribution in [0.25, 0.3) is 21.8 Å². The van der Waals surface area contributed by atoms with E-state index in [-0.39, 0.29) is 32.3 Å². The number of aryl methyl sites for hydroxylation is 2. The predicted octanol–water partition coefficient (Wildman–Crippen LogP) is 13.6. The molecule has 0 aliphatic carbocycles. The number of sulfone groups is 2. The Bertz CT molecular complexity index is 3590. The molecule has 10 aromatic rings. The third kappa shape index (κ3) is 8.70. The van der Waals surface area contributed by atoms with Gasteiger partial charge in [0.1, 0.15) is 0 Å². The molecule has 10 rings (SSSR count). The van der Waals surface area contributed by atoms with Crippen molar-refractivity contribution in [3.05, 3.63) is 285 Å². The van der Waals surface area contributed by atoms with Crippen molar-refractivity contribution in [2.45, 2.75) is 33.1 Å². The summed E-state index contributed by atoms with van der Waals surface area (Å²) in [5.41, 5.74) is 4.33. The van der Waals surface area contributed by atoms with Crippen LogP contribution in [0, 0.1) is 13.8 Å². The van der Waals surface area contributed by atoms with E-state index in [1.54, 1.807) is 133 Å². The van der Waals surface area contributed by atoms with Crippen molar-refractivity contribution < 1.29 is 26.4 Å². The lowest BCUT2D eigenvalue weighted by molar-refractivity contribution is 0.0944. The highest BCUT2D eigenvalue weighted by atomic mass is 35.5. The minimum absolute atomic E-state index is 0.0207. The normalized spacial score (nSPS) is 13.3. The van der Waals surface area contributed by atoms with Crippen LogP contribution in [0.2, 0.25) is 10.0 Å². The van der Waals surface area contributed by atoms with Gasteiger partial charge in [0.05, 0.1) is 32.2 Å². The number of carbonyl (C=O) groups is 2. The Balaban J connectivity index is 0.000000178. The molecule has 0 spiro atoms. The number of pyridine rings is 2. The van der Waals surface area contributed by atoms with Gasteiger partial charge in [0.2, 0.25) is 29.2 Å². The van der Waals surface area contributed by atoms with Crippen molar-refractivity contribution in [2.24, 2.45) is 0 Å². The molecule has 0 aliphatic rings. The molecule has 0 radical (unpaired) electrons. The number of Topliss-reactive ketones (excluding diaryl/α,β-unsaturated/α-hetero) is 2. The van der Waals surface area contributed by atoms with E-state index in [4.69, 9.17) is 33.2 Å². The molecular weight excluding hydrogens is 980 g/mol. The first-order valence-corrected chi connectivity index (χ1v) is 26.5. The van der Waals surface area contributed by atoms with E-state index in [0.29, 0.717) is 32.2 Å². The van der Waals surface area contributed by atoms with E-state index in [0.717, 1.165) is 21.9 Å². The zero-order valence-corrected chi connectivity index (χ0v) is 42.0. The number of aromatic nitrogens is 2. The van der Waals surface area contributed by atoms with Gasteiger partial charge in [0, 0.05) is 31.9 Å². The molecule has 2 atom stereocenters. The van der Waals surface area contributed by atoms with Gasteiger partial charge in [-0.1, -0.05) is 181 Å². The lowest BCUT2D eigenvalue weighted by Gasteiger charge is -2.33. The minimum atomic E-state index is -4.39. The van der Waals surface area contributed by atoms with Crippen LogP contribution in [0.1, 0.15) is 54.4 Å². The highest BCUT2D eigenvalue weighted by Crippen LogP contribution is 2.47. The Kier molecular flexibility index (Phi) is 13.9. The standard InChI is InChI=1S/2C30H22ClNO3S/c2*1-21-20-28(32-27-15-9-8-14-26(21)27)30(23-12-6-3-7-13-23,29(33)22-10-4-2-5-11-22)36(34,35)25-18-16-24(31)17-19-25/h2*2-20H,1H3/t2*30-/m00/s1. The smallest absolute Gasteiger partial charge is 0.206 e. The Morgan fingerprint density at radius 1 is 0.389 bits per heavy atom. The van der Waals surface area contributed by atoms with E-state index in [1.807, 2.05) is 62.4 Å². The number of para-hydroxylation sites is 2. The van der Waals surface area contributed by atoms with Gasteiger partial charge in [-0.2, -0.15) is 0 Å². The van der Waals surface area contributed by atoms with Crippen LogP contribution in [-0.2, 0) is 29.2 Å².